The Hall–Kier alpha value is -3.13. The van der Waals surface area contributed by atoms with E-state index in [0.29, 0.717) is 23.6 Å². The molecule has 1 fully saturated rings. The van der Waals surface area contributed by atoms with Crippen LogP contribution in [0.25, 0.3) is 10.9 Å². The van der Waals surface area contributed by atoms with Crippen molar-refractivity contribution >= 4 is 28.2 Å². The van der Waals surface area contributed by atoms with Gasteiger partial charge in [-0.15, -0.1) is 0 Å². The third-order valence-electron chi connectivity index (χ3n) is 5.16. The number of aromatic hydroxyl groups is 1. The number of aromatic amines is 1. The monoisotopic (exact) mass is 380 g/mol. The van der Waals surface area contributed by atoms with Crippen LogP contribution < -0.4 is 5.32 Å². The Morgan fingerprint density at radius 2 is 2.21 bits per heavy atom. The molecule has 0 saturated carbocycles. The van der Waals surface area contributed by atoms with Gasteiger partial charge in [-0.1, -0.05) is 6.92 Å². The van der Waals surface area contributed by atoms with E-state index in [4.69, 9.17) is 4.99 Å². The maximum atomic E-state index is 12.0. The van der Waals surface area contributed by atoms with E-state index in [9.17, 15) is 9.90 Å². The van der Waals surface area contributed by atoms with E-state index in [0.717, 1.165) is 35.4 Å². The number of aromatic nitrogens is 3. The number of rotatable bonds is 5. The molecule has 146 valence electrons. The topological polar surface area (TPSA) is 98.5 Å². The van der Waals surface area contributed by atoms with Crippen LogP contribution in [0.15, 0.2) is 35.6 Å². The van der Waals surface area contributed by atoms with Crippen LogP contribution in [0.1, 0.15) is 35.3 Å². The van der Waals surface area contributed by atoms with Crippen molar-refractivity contribution < 1.29 is 9.90 Å². The summed E-state index contributed by atoms with van der Waals surface area (Å²) in [6.07, 6.45) is 4.31. The number of carbonyl (C=O) groups is 1. The minimum absolute atomic E-state index is 0.0534. The first kappa shape index (κ1) is 18.2. The third kappa shape index (κ3) is 3.16. The van der Waals surface area contributed by atoms with Crippen molar-refractivity contribution in [2.75, 3.05) is 27.2 Å². The van der Waals surface area contributed by atoms with E-state index in [-0.39, 0.29) is 11.8 Å². The first-order valence-corrected chi connectivity index (χ1v) is 9.37. The molecule has 1 amide bonds. The fraction of sp³-hybridized carbons (Fsp3) is 0.350. The van der Waals surface area contributed by atoms with Gasteiger partial charge in [-0.25, -0.2) is 4.99 Å². The van der Waals surface area contributed by atoms with E-state index in [1.54, 1.807) is 31.4 Å². The predicted octanol–water partition coefficient (Wildman–Crippen LogP) is 2.45. The third-order valence-corrected chi connectivity index (χ3v) is 5.16. The second-order valence-corrected chi connectivity index (χ2v) is 7.15. The highest BCUT2D eigenvalue weighted by Crippen LogP contribution is 2.31. The second-order valence-electron chi connectivity index (χ2n) is 7.15. The molecule has 0 bridgehead atoms. The van der Waals surface area contributed by atoms with Crippen molar-refractivity contribution in [3.8, 4) is 5.88 Å². The molecule has 3 heterocycles. The van der Waals surface area contributed by atoms with E-state index in [1.807, 2.05) is 17.8 Å². The molecule has 0 atom stereocenters. The molecular formula is C20H24N6O2. The summed E-state index contributed by atoms with van der Waals surface area (Å²) >= 11 is 0. The Kier molecular flexibility index (Phi) is 4.64. The standard InChI is InChI=1S/C20H24N6O2/c1-4-16(23-13-8-22-26(9-13)14-10-25(3)11-14)18-15-7-12(19(27)21-2)5-6-17(15)24-20(18)28/h5-9,14,24,28H,4,10-11H2,1-3H3,(H,21,27). The number of carbonyl (C=O) groups excluding carboxylic acids is 1. The molecule has 1 aromatic carbocycles. The minimum Gasteiger partial charge on any atom is -0.494 e. The molecule has 0 aliphatic carbocycles. The molecule has 3 aromatic rings. The van der Waals surface area contributed by atoms with Gasteiger partial charge in [0.25, 0.3) is 5.91 Å². The Labute approximate surface area is 162 Å². The first-order valence-electron chi connectivity index (χ1n) is 9.37. The zero-order chi connectivity index (χ0) is 19.8. The molecule has 0 spiro atoms. The van der Waals surface area contributed by atoms with E-state index >= 15 is 0 Å². The van der Waals surface area contributed by atoms with Crippen molar-refractivity contribution in [3.05, 3.63) is 41.7 Å². The molecule has 2 aromatic heterocycles. The van der Waals surface area contributed by atoms with Crippen molar-refractivity contribution in [2.45, 2.75) is 19.4 Å². The lowest BCUT2D eigenvalue weighted by Crippen LogP contribution is -2.44. The summed E-state index contributed by atoms with van der Waals surface area (Å²) in [6, 6.07) is 5.68. The number of nitrogens with zero attached hydrogens (tertiary/aromatic N) is 4. The van der Waals surface area contributed by atoms with Crippen molar-refractivity contribution in [1.82, 2.24) is 25.0 Å². The Bertz CT molecular complexity index is 1060. The summed E-state index contributed by atoms with van der Waals surface area (Å²) in [4.78, 5) is 22.0. The number of hydrogen-bond acceptors (Lipinski definition) is 5. The quantitative estimate of drug-likeness (QED) is 0.592. The van der Waals surface area contributed by atoms with Gasteiger partial charge >= 0.3 is 0 Å². The van der Waals surface area contributed by atoms with Crippen LogP contribution >= 0.6 is 0 Å². The number of benzene rings is 1. The summed E-state index contributed by atoms with van der Waals surface area (Å²) in [7, 11) is 3.68. The number of likely N-dealkylation sites (N-methyl/N-ethyl adjacent to an activating group) is 1. The van der Waals surface area contributed by atoms with Gasteiger partial charge in [0.15, 0.2) is 5.88 Å². The number of H-pyrrole nitrogens is 1. The van der Waals surface area contributed by atoms with Gasteiger partial charge in [-0.2, -0.15) is 5.10 Å². The number of likely N-dealkylation sites (tertiary alicyclic amines) is 1. The summed E-state index contributed by atoms with van der Waals surface area (Å²) in [5.41, 5.74) is 3.41. The molecule has 28 heavy (non-hydrogen) atoms. The predicted molar refractivity (Wildman–Crippen MR) is 109 cm³/mol. The van der Waals surface area contributed by atoms with Crippen molar-refractivity contribution in [2.24, 2.45) is 4.99 Å². The van der Waals surface area contributed by atoms with Gasteiger partial charge in [0.1, 0.15) is 5.69 Å². The molecular weight excluding hydrogens is 356 g/mol. The molecule has 1 saturated heterocycles. The number of fused-ring (bicyclic) bond motifs is 1. The molecule has 0 unspecified atom stereocenters. The molecule has 8 heteroatoms. The number of aliphatic imine (C=N–C) groups is 1. The van der Waals surface area contributed by atoms with Crippen molar-refractivity contribution in [1.29, 1.82) is 0 Å². The Morgan fingerprint density at radius 1 is 1.43 bits per heavy atom. The van der Waals surface area contributed by atoms with E-state index < -0.39 is 0 Å². The summed E-state index contributed by atoms with van der Waals surface area (Å²) in [5, 5.41) is 18.3. The van der Waals surface area contributed by atoms with Crippen LogP contribution in [-0.2, 0) is 0 Å². The number of amides is 1. The fourth-order valence-electron chi connectivity index (χ4n) is 3.64. The maximum absolute atomic E-state index is 12.0. The van der Waals surface area contributed by atoms with Crippen molar-refractivity contribution in [3.63, 3.8) is 0 Å². The lowest BCUT2D eigenvalue weighted by atomic mass is 10.0. The van der Waals surface area contributed by atoms with E-state index in [2.05, 4.69) is 27.3 Å². The van der Waals surface area contributed by atoms with Crippen LogP contribution in [0, 0.1) is 0 Å². The lowest BCUT2D eigenvalue weighted by Gasteiger charge is -2.35. The molecule has 0 radical (unpaired) electrons. The maximum Gasteiger partial charge on any atom is 0.251 e. The Morgan fingerprint density at radius 3 is 2.89 bits per heavy atom. The van der Waals surface area contributed by atoms with Gasteiger partial charge in [0.05, 0.1) is 29.7 Å². The minimum atomic E-state index is -0.171. The first-order chi connectivity index (χ1) is 13.5. The zero-order valence-corrected chi connectivity index (χ0v) is 16.2. The van der Waals surface area contributed by atoms with Crippen LogP contribution in [-0.4, -0.2) is 63.6 Å². The number of hydrogen-bond donors (Lipinski definition) is 3. The smallest absolute Gasteiger partial charge is 0.251 e. The zero-order valence-electron chi connectivity index (χ0n) is 16.2. The highest BCUT2D eigenvalue weighted by atomic mass is 16.3. The molecule has 3 N–H and O–H groups in total. The largest absolute Gasteiger partial charge is 0.494 e. The molecule has 8 nitrogen and oxygen atoms in total. The molecule has 1 aliphatic heterocycles. The highest BCUT2D eigenvalue weighted by Gasteiger charge is 2.25. The molecule has 4 rings (SSSR count). The fourth-order valence-corrected chi connectivity index (χ4v) is 3.64. The summed E-state index contributed by atoms with van der Waals surface area (Å²) in [5.74, 6) is -0.118. The number of nitrogens with one attached hydrogen (secondary N) is 2. The van der Waals surface area contributed by atoms with Gasteiger partial charge in [-0.05, 0) is 31.7 Å². The normalized spacial score (nSPS) is 15.8. The van der Waals surface area contributed by atoms with Crippen LogP contribution in [0.3, 0.4) is 0 Å². The average molecular weight is 380 g/mol. The van der Waals surface area contributed by atoms with Gasteiger partial charge in [0, 0.05) is 36.6 Å². The second kappa shape index (κ2) is 7.12. The van der Waals surface area contributed by atoms with Gasteiger partial charge < -0.3 is 20.3 Å². The van der Waals surface area contributed by atoms with Crippen LogP contribution in [0.4, 0.5) is 5.69 Å². The summed E-state index contributed by atoms with van der Waals surface area (Å²) in [6.45, 7) is 3.96. The highest BCUT2D eigenvalue weighted by molar-refractivity contribution is 6.14. The molecule has 1 aliphatic rings. The van der Waals surface area contributed by atoms with E-state index in [1.165, 1.54) is 0 Å². The Balaban J connectivity index is 1.73. The summed E-state index contributed by atoms with van der Waals surface area (Å²) < 4.78 is 1.95. The van der Waals surface area contributed by atoms with Gasteiger partial charge in [-0.3, -0.25) is 9.48 Å². The van der Waals surface area contributed by atoms with Gasteiger partial charge in [0.2, 0.25) is 0 Å². The van der Waals surface area contributed by atoms with Crippen LogP contribution in [0.5, 0.6) is 5.88 Å². The van der Waals surface area contributed by atoms with Crippen LogP contribution in [0.2, 0.25) is 0 Å². The lowest BCUT2D eigenvalue weighted by molar-refractivity contribution is 0.0963. The SMILES string of the molecule is CCC(=Nc1cnn(C2CN(C)C2)c1)c1c(O)[nH]c2ccc(C(=O)NC)cc12. The average Bonchev–Trinajstić information content (AvgIpc) is 3.25.